The van der Waals surface area contributed by atoms with Gasteiger partial charge >= 0.3 is 0 Å². The van der Waals surface area contributed by atoms with Crippen molar-refractivity contribution in [2.45, 2.75) is 14.7 Å². The summed E-state index contributed by atoms with van der Waals surface area (Å²) in [6.45, 7) is 0. The molecule has 89 valence electrons. The third-order valence-corrected chi connectivity index (χ3v) is 4.88. The predicted octanol–water partition coefficient (Wildman–Crippen LogP) is 5.15. The summed E-state index contributed by atoms with van der Waals surface area (Å²) < 4.78 is 0. The van der Waals surface area contributed by atoms with Crippen LogP contribution in [-0.4, -0.2) is 18.8 Å². The fraction of sp³-hybridized carbons (Fsp3) is 0.231. The molecular formula is C13H13OS3. The van der Waals surface area contributed by atoms with Crippen molar-refractivity contribution in [3.8, 4) is 5.75 Å². The molecule has 0 bridgehead atoms. The summed E-state index contributed by atoms with van der Waals surface area (Å²) in [5, 5.41) is 13.9. The van der Waals surface area contributed by atoms with Crippen LogP contribution in [0.4, 0.5) is 0 Å². The number of hydrogen-bond acceptors (Lipinski definition) is 3. The topological polar surface area (TPSA) is 19.9 Å². The monoisotopic (exact) mass is 281 g/mol. The number of rotatable bonds is 3. The maximum absolute atomic E-state index is 11.7. The minimum absolute atomic E-state index is 0.0917. The highest BCUT2D eigenvalue weighted by atomic mass is 32.2. The van der Waals surface area contributed by atoms with E-state index in [-0.39, 0.29) is 5.75 Å². The van der Waals surface area contributed by atoms with E-state index >= 15 is 0 Å². The van der Waals surface area contributed by atoms with Crippen molar-refractivity contribution < 1.29 is 5.11 Å². The van der Waals surface area contributed by atoms with Crippen molar-refractivity contribution >= 4 is 46.1 Å². The van der Waals surface area contributed by atoms with Crippen LogP contribution in [0.25, 0.3) is 10.8 Å². The molecule has 0 N–H and O–H groups in total. The summed E-state index contributed by atoms with van der Waals surface area (Å²) in [5.41, 5.74) is 0. The highest BCUT2D eigenvalue weighted by molar-refractivity contribution is 7.99. The van der Waals surface area contributed by atoms with Crippen LogP contribution in [0.15, 0.2) is 39.0 Å². The van der Waals surface area contributed by atoms with Crippen molar-refractivity contribution in [2.24, 2.45) is 0 Å². The Labute approximate surface area is 114 Å². The minimum Gasteiger partial charge on any atom is -0.290 e. The van der Waals surface area contributed by atoms with Gasteiger partial charge in [-0.1, -0.05) is 0 Å². The zero-order valence-corrected chi connectivity index (χ0v) is 12.4. The van der Waals surface area contributed by atoms with E-state index in [2.05, 4.69) is 24.6 Å². The normalized spacial score (nSPS) is 11.0. The highest BCUT2D eigenvalue weighted by Crippen LogP contribution is 2.38. The molecule has 0 unspecified atom stereocenters. The molecule has 0 spiro atoms. The molecule has 0 heterocycles. The molecule has 4 heteroatoms. The van der Waals surface area contributed by atoms with Crippen LogP contribution in [0, 0.1) is 0 Å². The second kappa shape index (κ2) is 5.46. The molecule has 2 aromatic rings. The Morgan fingerprint density at radius 1 is 0.765 bits per heavy atom. The van der Waals surface area contributed by atoms with E-state index in [0.717, 1.165) is 10.3 Å². The van der Waals surface area contributed by atoms with Gasteiger partial charge < -0.3 is 0 Å². The fourth-order valence-corrected chi connectivity index (χ4v) is 3.60. The van der Waals surface area contributed by atoms with Crippen LogP contribution in [0.1, 0.15) is 0 Å². The van der Waals surface area contributed by atoms with E-state index in [9.17, 15) is 5.11 Å². The van der Waals surface area contributed by atoms with Gasteiger partial charge in [0.1, 0.15) is 0 Å². The van der Waals surface area contributed by atoms with Gasteiger partial charge in [-0.15, -0.1) is 35.3 Å². The molecule has 1 nitrogen and oxygen atoms in total. The Morgan fingerprint density at radius 2 is 1.35 bits per heavy atom. The van der Waals surface area contributed by atoms with Gasteiger partial charge in [0.2, 0.25) is 0 Å². The molecule has 17 heavy (non-hydrogen) atoms. The lowest BCUT2D eigenvalue weighted by Crippen LogP contribution is -1.83. The molecular weight excluding hydrogens is 268 g/mol. The quantitative estimate of drug-likeness (QED) is 0.726. The van der Waals surface area contributed by atoms with Crippen LogP contribution < -0.4 is 0 Å². The summed E-state index contributed by atoms with van der Waals surface area (Å²) in [7, 11) is 0. The number of hydrogen-bond donors (Lipinski definition) is 0. The first kappa shape index (κ1) is 13.0. The lowest BCUT2D eigenvalue weighted by molar-refractivity contribution is 0.354. The molecule has 2 rings (SSSR count). The molecule has 0 aromatic heterocycles. The third kappa shape index (κ3) is 2.54. The van der Waals surface area contributed by atoms with Crippen LogP contribution in [0.3, 0.4) is 0 Å². The predicted molar refractivity (Wildman–Crippen MR) is 79.4 cm³/mol. The number of fused-ring (bicyclic) bond motifs is 1. The van der Waals surface area contributed by atoms with E-state index in [0.29, 0.717) is 0 Å². The first-order valence-corrected chi connectivity index (χ1v) is 8.77. The van der Waals surface area contributed by atoms with Crippen LogP contribution in [-0.2, 0) is 5.11 Å². The van der Waals surface area contributed by atoms with E-state index in [1.165, 1.54) is 15.2 Å². The Bertz CT molecular complexity index is 552. The molecule has 0 aliphatic rings. The Hall–Kier alpha value is -0.450. The zero-order valence-electron chi connectivity index (χ0n) is 9.94. The third-order valence-electron chi connectivity index (χ3n) is 2.62. The molecule has 2 aromatic carbocycles. The van der Waals surface area contributed by atoms with E-state index in [1.807, 2.05) is 6.26 Å². The van der Waals surface area contributed by atoms with Crippen LogP contribution in [0.5, 0.6) is 5.75 Å². The number of benzene rings is 2. The second-order valence-electron chi connectivity index (χ2n) is 3.55. The van der Waals surface area contributed by atoms with Crippen molar-refractivity contribution in [1.82, 2.24) is 0 Å². The SMILES string of the molecule is CSc1cc(SC)c2cc([O])cc(SC)c2c1. The smallest absolute Gasteiger partial charge is 0.180 e. The van der Waals surface area contributed by atoms with Crippen LogP contribution >= 0.6 is 35.3 Å². The van der Waals surface area contributed by atoms with Gasteiger partial charge in [-0.3, -0.25) is 5.11 Å². The Balaban J connectivity index is 2.83. The summed E-state index contributed by atoms with van der Waals surface area (Å²) >= 11 is 5.06. The highest BCUT2D eigenvalue weighted by Gasteiger charge is 2.09. The maximum Gasteiger partial charge on any atom is 0.180 e. The van der Waals surface area contributed by atoms with Gasteiger partial charge in [0.25, 0.3) is 0 Å². The molecule has 1 radical (unpaired) electrons. The van der Waals surface area contributed by atoms with Gasteiger partial charge in [-0.25, -0.2) is 0 Å². The average Bonchev–Trinajstić information content (AvgIpc) is 2.36. The van der Waals surface area contributed by atoms with Gasteiger partial charge in [0, 0.05) is 20.1 Å². The summed E-state index contributed by atoms with van der Waals surface area (Å²) in [4.78, 5) is 3.49. The molecule has 0 atom stereocenters. The molecule has 0 saturated carbocycles. The first-order chi connectivity index (χ1) is 8.19. The average molecular weight is 281 g/mol. The maximum atomic E-state index is 11.7. The minimum atomic E-state index is 0.0917. The van der Waals surface area contributed by atoms with Gasteiger partial charge in [0.15, 0.2) is 5.75 Å². The molecule has 0 saturated heterocycles. The molecule has 0 fully saturated rings. The largest absolute Gasteiger partial charge is 0.290 e. The first-order valence-electron chi connectivity index (χ1n) is 5.10. The van der Waals surface area contributed by atoms with Crippen molar-refractivity contribution in [1.29, 1.82) is 0 Å². The lowest BCUT2D eigenvalue weighted by Gasteiger charge is -2.10. The standard InChI is InChI=1S/C13H13OS3/c1-15-9-6-11-10(13(7-9)17-3)4-8(14)5-12(11)16-2/h4-7H,1-3H3. The van der Waals surface area contributed by atoms with E-state index in [1.54, 1.807) is 47.4 Å². The molecule has 0 aliphatic carbocycles. The second-order valence-corrected chi connectivity index (χ2v) is 6.13. The van der Waals surface area contributed by atoms with E-state index in [4.69, 9.17) is 0 Å². The molecule has 0 amide bonds. The van der Waals surface area contributed by atoms with Gasteiger partial charge in [-0.05, 0) is 48.4 Å². The van der Waals surface area contributed by atoms with Crippen molar-refractivity contribution in [3.63, 3.8) is 0 Å². The van der Waals surface area contributed by atoms with Crippen molar-refractivity contribution in [2.75, 3.05) is 18.8 Å². The van der Waals surface area contributed by atoms with E-state index < -0.39 is 0 Å². The summed E-state index contributed by atoms with van der Waals surface area (Å²) in [6, 6.07) is 7.79. The Kier molecular flexibility index (Phi) is 4.17. The van der Waals surface area contributed by atoms with Gasteiger partial charge in [0.05, 0.1) is 0 Å². The molecule has 0 aliphatic heterocycles. The number of thioether (sulfide) groups is 3. The summed E-state index contributed by atoms with van der Waals surface area (Å²) in [6.07, 6.45) is 6.14. The fourth-order valence-electron chi connectivity index (χ4n) is 1.80. The Morgan fingerprint density at radius 3 is 1.94 bits per heavy atom. The van der Waals surface area contributed by atoms with Crippen LogP contribution in [0.2, 0.25) is 0 Å². The lowest BCUT2D eigenvalue weighted by atomic mass is 10.1. The zero-order chi connectivity index (χ0) is 12.4. The van der Waals surface area contributed by atoms with Crippen molar-refractivity contribution in [3.05, 3.63) is 24.3 Å². The summed E-state index contributed by atoms with van der Waals surface area (Å²) in [5.74, 6) is 0.0917. The van der Waals surface area contributed by atoms with Gasteiger partial charge in [-0.2, -0.15) is 0 Å².